The highest BCUT2D eigenvalue weighted by Crippen LogP contribution is 2.43. The number of esters is 2. The Bertz CT molecular complexity index is 1140. The summed E-state index contributed by atoms with van der Waals surface area (Å²) >= 11 is 0. The molecule has 9 nitrogen and oxygen atoms in total. The zero-order chi connectivity index (χ0) is 36.8. The minimum Gasteiger partial charge on any atom is -0.462 e. The topological polar surface area (TPSA) is 134 Å². The second-order valence-corrected chi connectivity index (χ2v) is 12.9. The minimum atomic E-state index is -4.40. The Balaban J connectivity index is 4.39. The number of phosphoric acid groups is 1. The van der Waals surface area contributed by atoms with Crippen molar-refractivity contribution >= 4 is 19.8 Å². The van der Waals surface area contributed by atoms with Crippen LogP contribution in [0.25, 0.3) is 0 Å². The maximum atomic E-state index is 12.5. The maximum Gasteiger partial charge on any atom is 0.472 e. The highest BCUT2D eigenvalue weighted by atomic mass is 31.2. The van der Waals surface area contributed by atoms with Crippen LogP contribution < -0.4 is 5.73 Å². The predicted octanol–water partition coefficient (Wildman–Crippen LogP) is 9.87. The number of rotatable bonds is 32. The summed E-state index contributed by atoms with van der Waals surface area (Å²) in [5.74, 6) is -0.945. The highest BCUT2D eigenvalue weighted by Gasteiger charge is 2.25. The van der Waals surface area contributed by atoms with Crippen LogP contribution in [0, 0.1) is 0 Å². The van der Waals surface area contributed by atoms with E-state index in [2.05, 4.69) is 56.4 Å². The minimum absolute atomic E-state index is 0.0340. The fourth-order valence-corrected chi connectivity index (χ4v) is 4.97. The van der Waals surface area contributed by atoms with Crippen molar-refractivity contribution in [2.45, 2.75) is 116 Å². The summed E-state index contributed by atoms with van der Waals surface area (Å²) in [6.45, 7) is 3.32. The van der Waals surface area contributed by atoms with Crippen molar-refractivity contribution in [1.29, 1.82) is 0 Å². The normalized spacial score (nSPS) is 14.6. The van der Waals surface area contributed by atoms with Crippen LogP contribution in [0.2, 0.25) is 0 Å². The third-order valence-electron chi connectivity index (χ3n) is 6.84. The van der Waals surface area contributed by atoms with Gasteiger partial charge in [0.05, 0.1) is 13.2 Å². The van der Waals surface area contributed by atoms with E-state index in [0.717, 1.165) is 64.2 Å². The van der Waals surface area contributed by atoms with Gasteiger partial charge in [0.25, 0.3) is 0 Å². The Hall–Kier alpha value is -3.07. The Morgan fingerprint density at radius 2 is 1.16 bits per heavy atom. The van der Waals surface area contributed by atoms with Crippen molar-refractivity contribution in [3.8, 4) is 0 Å². The lowest BCUT2D eigenvalue weighted by atomic mass is 10.1. The molecule has 282 valence electrons. The average Bonchev–Trinajstić information content (AvgIpc) is 3.10. The number of phosphoric ester groups is 1. The van der Waals surface area contributed by atoms with E-state index in [4.69, 9.17) is 24.3 Å². The van der Waals surface area contributed by atoms with Gasteiger partial charge in [0, 0.05) is 19.4 Å². The summed E-state index contributed by atoms with van der Waals surface area (Å²) < 4.78 is 32.5. The van der Waals surface area contributed by atoms with Crippen LogP contribution in [0.5, 0.6) is 0 Å². The molecular weight excluding hydrogens is 653 g/mol. The Morgan fingerprint density at radius 1 is 0.620 bits per heavy atom. The Kier molecular flexibility index (Phi) is 33.6. The summed E-state index contributed by atoms with van der Waals surface area (Å²) in [6.07, 6.45) is 44.5. The summed E-state index contributed by atoms with van der Waals surface area (Å²) in [4.78, 5) is 34.6. The number of unbranched alkanes of at least 4 members (excludes halogenated alkanes) is 7. The number of hydrogen-bond donors (Lipinski definition) is 2. The average molecular weight is 718 g/mol. The van der Waals surface area contributed by atoms with Gasteiger partial charge in [-0.1, -0.05) is 137 Å². The molecule has 0 spiro atoms. The lowest BCUT2D eigenvalue weighted by Crippen LogP contribution is -2.29. The molecule has 0 fully saturated rings. The Labute approximate surface area is 302 Å². The summed E-state index contributed by atoms with van der Waals surface area (Å²) in [6, 6.07) is 0. The molecule has 0 heterocycles. The van der Waals surface area contributed by atoms with Gasteiger partial charge in [-0.25, -0.2) is 4.57 Å². The summed E-state index contributed by atoms with van der Waals surface area (Å²) in [5.41, 5.74) is 5.32. The van der Waals surface area contributed by atoms with E-state index < -0.39 is 32.5 Å². The summed E-state index contributed by atoms with van der Waals surface area (Å²) in [7, 11) is -4.40. The van der Waals surface area contributed by atoms with E-state index in [1.807, 2.05) is 54.7 Å². The first-order valence-electron chi connectivity index (χ1n) is 18.3. The number of allylic oxidation sites excluding steroid dienone is 16. The van der Waals surface area contributed by atoms with Gasteiger partial charge in [0.15, 0.2) is 6.10 Å². The van der Waals surface area contributed by atoms with Gasteiger partial charge >= 0.3 is 19.8 Å². The molecule has 0 aliphatic carbocycles. The molecule has 0 aromatic heterocycles. The van der Waals surface area contributed by atoms with Crippen LogP contribution in [-0.4, -0.2) is 49.3 Å². The van der Waals surface area contributed by atoms with Crippen LogP contribution in [0.15, 0.2) is 97.2 Å². The number of ether oxygens (including phenoxy) is 2. The first-order valence-corrected chi connectivity index (χ1v) is 19.8. The molecular formula is C40H64NO8P. The number of hydrogen-bond acceptors (Lipinski definition) is 8. The number of nitrogens with two attached hydrogens (primary N) is 1. The zero-order valence-corrected chi connectivity index (χ0v) is 31.5. The number of carbonyl (C=O) groups excluding carboxylic acids is 2. The molecule has 0 radical (unpaired) electrons. The van der Waals surface area contributed by atoms with Gasteiger partial charge in [-0.2, -0.15) is 0 Å². The van der Waals surface area contributed by atoms with Gasteiger partial charge in [-0.3, -0.25) is 18.6 Å². The van der Waals surface area contributed by atoms with Crippen LogP contribution in [0.3, 0.4) is 0 Å². The van der Waals surface area contributed by atoms with E-state index in [1.54, 1.807) is 0 Å². The molecule has 0 saturated heterocycles. The molecule has 10 heteroatoms. The van der Waals surface area contributed by atoms with Crippen molar-refractivity contribution < 1.29 is 37.6 Å². The SMILES string of the molecule is CC/C=C/C=C/C=C/C=C/C=C/CCCC(=O)OC(COC(=O)CCCCCCCC/C=C/C/C=C/C/C=C/CC)COP(=O)(O)OCCN. The first kappa shape index (κ1) is 46.9. The molecule has 2 unspecified atom stereocenters. The standard InChI is InChI=1S/C40H64NO8P/c1-3-5-7-9-11-13-15-17-18-19-21-22-24-26-28-30-32-39(42)46-36-38(37-48-50(44,45)47-35-34-41)49-40(43)33-31-29-27-25-23-20-16-14-12-10-8-6-4-2/h5-8,10-14,16-18,20,23,25,27,38H,3-4,9,15,19,21-22,24,26,28-37,41H2,1-2H3,(H,44,45)/b7-5+,8-6+,12-10+,13-11+,16-14+,18-17+,23-20+,27-25+. The molecule has 3 N–H and O–H groups in total. The van der Waals surface area contributed by atoms with Gasteiger partial charge < -0.3 is 20.1 Å². The lowest BCUT2D eigenvalue weighted by Gasteiger charge is -2.19. The third kappa shape index (κ3) is 34.8. The summed E-state index contributed by atoms with van der Waals surface area (Å²) in [5, 5.41) is 0. The highest BCUT2D eigenvalue weighted by molar-refractivity contribution is 7.47. The quantitative estimate of drug-likeness (QED) is 0.0229. The van der Waals surface area contributed by atoms with Crippen molar-refractivity contribution in [2.75, 3.05) is 26.4 Å². The molecule has 2 atom stereocenters. The van der Waals surface area contributed by atoms with Gasteiger partial charge in [0.2, 0.25) is 0 Å². The van der Waals surface area contributed by atoms with E-state index in [9.17, 15) is 19.0 Å². The van der Waals surface area contributed by atoms with E-state index in [1.165, 1.54) is 0 Å². The lowest BCUT2D eigenvalue weighted by molar-refractivity contribution is -0.161. The van der Waals surface area contributed by atoms with Gasteiger partial charge in [-0.15, -0.1) is 0 Å². The fourth-order valence-electron chi connectivity index (χ4n) is 4.21. The molecule has 50 heavy (non-hydrogen) atoms. The zero-order valence-electron chi connectivity index (χ0n) is 30.6. The van der Waals surface area contributed by atoms with Crippen LogP contribution in [-0.2, 0) is 32.7 Å². The monoisotopic (exact) mass is 717 g/mol. The van der Waals surface area contributed by atoms with Gasteiger partial charge in [0.1, 0.15) is 6.61 Å². The van der Waals surface area contributed by atoms with E-state index in [0.29, 0.717) is 19.3 Å². The number of carbonyl (C=O) groups is 2. The molecule has 0 bridgehead atoms. The van der Waals surface area contributed by atoms with E-state index >= 15 is 0 Å². The molecule has 0 amide bonds. The first-order chi connectivity index (χ1) is 24.3. The second kappa shape index (κ2) is 35.7. The van der Waals surface area contributed by atoms with Crippen molar-refractivity contribution in [3.05, 3.63) is 97.2 Å². The largest absolute Gasteiger partial charge is 0.472 e. The van der Waals surface area contributed by atoms with Gasteiger partial charge in [-0.05, 0) is 57.8 Å². The van der Waals surface area contributed by atoms with Crippen molar-refractivity contribution in [1.82, 2.24) is 0 Å². The van der Waals surface area contributed by atoms with Crippen LogP contribution in [0.4, 0.5) is 0 Å². The fraction of sp³-hybridized carbons (Fsp3) is 0.550. The molecule has 0 aromatic rings. The van der Waals surface area contributed by atoms with E-state index in [-0.39, 0.29) is 32.6 Å². The Morgan fingerprint density at radius 3 is 1.82 bits per heavy atom. The predicted molar refractivity (Wildman–Crippen MR) is 205 cm³/mol. The van der Waals surface area contributed by atoms with Crippen molar-refractivity contribution in [2.24, 2.45) is 5.73 Å². The molecule has 0 aromatic carbocycles. The molecule has 0 rings (SSSR count). The van der Waals surface area contributed by atoms with Crippen LogP contribution in [0.1, 0.15) is 110 Å². The maximum absolute atomic E-state index is 12.5. The molecule has 0 aliphatic rings. The molecule has 0 saturated carbocycles. The molecule has 0 aliphatic heterocycles. The second-order valence-electron chi connectivity index (χ2n) is 11.4. The third-order valence-corrected chi connectivity index (χ3v) is 7.83. The van der Waals surface area contributed by atoms with Crippen molar-refractivity contribution in [3.63, 3.8) is 0 Å². The van der Waals surface area contributed by atoms with Crippen LogP contribution >= 0.6 is 7.82 Å². The smallest absolute Gasteiger partial charge is 0.462 e.